The van der Waals surface area contributed by atoms with Gasteiger partial charge in [-0.25, -0.2) is 4.39 Å². The van der Waals surface area contributed by atoms with Crippen LogP contribution in [0.25, 0.3) is 0 Å². The van der Waals surface area contributed by atoms with Crippen molar-refractivity contribution in [2.75, 3.05) is 19.7 Å². The highest BCUT2D eigenvalue weighted by molar-refractivity contribution is 5.68. The van der Waals surface area contributed by atoms with Gasteiger partial charge < -0.3 is 10.2 Å². The first-order chi connectivity index (χ1) is 9.83. The second kappa shape index (κ2) is 6.12. The first-order valence-electron chi connectivity index (χ1n) is 7.16. The normalized spacial score (nSPS) is 23.4. The molecule has 0 amide bonds. The Balaban J connectivity index is 2.19. The van der Waals surface area contributed by atoms with Gasteiger partial charge in [0.25, 0.3) is 0 Å². The van der Waals surface area contributed by atoms with Gasteiger partial charge in [0.2, 0.25) is 0 Å². The molecule has 116 valence electrons. The lowest BCUT2D eigenvalue weighted by Gasteiger charge is -2.34. The molecule has 1 heterocycles. The first-order valence-corrected chi connectivity index (χ1v) is 7.16. The summed E-state index contributed by atoms with van der Waals surface area (Å²) in [5.74, 6) is -1.10. The Bertz CT molecular complexity index is 518. The van der Waals surface area contributed by atoms with E-state index in [-0.39, 0.29) is 30.7 Å². The van der Waals surface area contributed by atoms with E-state index >= 15 is 0 Å². The number of halogens is 1. The molecule has 2 rings (SSSR count). The Kier molecular flexibility index (Phi) is 4.64. The summed E-state index contributed by atoms with van der Waals surface area (Å²) in [6.45, 7) is 5.06. The van der Waals surface area contributed by atoms with Crippen molar-refractivity contribution in [3.63, 3.8) is 0 Å². The van der Waals surface area contributed by atoms with Crippen LogP contribution < -0.4 is 0 Å². The van der Waals surface area contributed by atoms with Crippen LogP contribution in [-0.4, -0.2) is 46.3 Å². The van der Waals surface area contributed by atoms with Crippen molar-refractivity contribution in [3.8, 4) is 0 Å². The van der Waals surface area contributed by atoms with E-state index in [9.17, 15) is 14.3 Å². The topological polar surface area (TPSA) is 60.8 Å². The number of carbonyl (C=O) groups is 1. The van der Waals surface area contributed by atoms with E-state index in [2.05, 4.69) is 4.90 Å². The molecular weight excluding hydrogens is 273 g/mol. The molecule has 0 unspecified atom stereocenters. The van der Waals surface area contributed by atoms with Gasteiger partial charge in [0.15, 0.2) is 0 Å². The number of aliphatic hydroxyl groups is 1. The second-order valence-electron chi connectivity index (χ2n) is 6.39. The first kappa shape index (κ1) is 15.9. The monoisotopic (exact) mass is 295 g/mol. The number of nitrogens with zero attached hydrogens (tertiary/aromatic N) is 1. The molecule has 1 aromatic rings. The molecule has 2 N–H and O–H groups in total. The van der Waals surface area contributed by atoms with E-state index in [1.54, 1.807) is 6.07 Å². The van der Waals surface area contributed by atoms with Crippen molar-refractivity contribution in [1.82, 2.24) is 4.90 Å². The summed E-state index contributed by atoms with van der Waals surface area (Å²) in [5.41, 5.74) is 0.379. The third-order valence-electron chi connectivity index (χ3n) is 4.39. The van der Waals surface area contributed by atoms with Gasteiger partial charge >= 0.3 is 5.97 Å². The fourth-order valence-electron chi connectivity index (χ4n) is 3.15. The zero-order valence-electron chi connectivity index (χ0n) is 12.4. The predicted octanol–water partition coefficient (Wildman–Crippen LogP) is 2.09. The van der Waals surface area contributed by atoms with Crippen LogP contribution in [0.3, 0.4) is 0 Å². The van der Waals surface area contributed by atoms with Crippen molar-refractivity contribution in [2.45, 2.75) is 31.7 Å². The van der Waals surface area contributed by atoms with Gasteiger partial charge in [-0.3, -0.25) is 9.69 Å². The Morgan fingerprint density at radius 1 is 1.43 bits per heavy atom. The van der Waals surface area contributed by atoms with Gasteiger partial charge in [0.05, 0.1) is 6.42 Å². The highest BCUT2D eigenvalue weighted by atomic mass is 19.1. The van der Waals surface area contributed by atoms with Gasteiger partial charge in [-0.1, -0.05) is 12.1 Å². The van der Waals surface area contributed by atoms with E-state index in [1.165, 1.54) is 12.1 Å². The van der Waals surface area contributed by atoms with Crippen LogP contribution in [0, 0.1) is 11.7 Å². The summed E-state index contributed by atoms with van der Waals surface area (Å²) in [7, 11) is 0. The summed E-state index contributed by atoms with van der Waals surface area (Å²) in [6.07, 6.45) is 0.0427. The highest BCUT2D eigenvalue weighted by Crippen LogP contribution is 2.37. The summed E-state index contributed by atoms with van der Waals surface area (Å²) in [5, 5.41) is 18.6. The molecule has 0 aromatic heterocycles. The lowest BCUT2D eigenvalue weighted by molar-refractivity contribution is -0.139. The lowest BCUT2D eigenvalue weighted by atomic mass is 9.89. The fourth-order valence-corrected chi connectivity index (χ4v) is 3.15. The Labute approximate surface area is 124 Å². The number of carboxylic acid groups (broad SMARTS) is 1. The summed E-state index contributed by atoms with van der Waals surface area (Å²) in [4.78, 5) is 13.1. The summed E-state index contributed by atoms with van der Waals surface area (Å²) in [6, 6.07) is 6.44. The van der Waals surface area contributed by atoms with Crippen molar-refractivity contribution in [2.24, 2.45) is 5.92 Å². The molecule has 0 radical (unpaired) electrons. The van der Waals surface area contributed by atoms with Gasteiger partial charge in [0.1, 0.15) is 5.82 Å². The van der Waals surface area contributed by atoms with Crippen LogP contribution in [-0.2, 0) is 4.79 Å². The minimum atomic E-state index is -0.838. The summed E-state index contributed by atoms with van der Waals surface area (Å²) >= 11 is 0. The predicted molar refractivity (Wildman–Crippen MR) is 77.6 cm³/mol. The third-order valence-corrected chi connectivity index (χ3v) is 4.39. The maximum atomic E-state index is 13.4. The second-order valence-corrected chi connectivity index (χ2v) is 6.39. The molecule has 0 bridgehead atoms. The van der Waals surface area contributed by atoms with Gasteiger partial charge in [-0.05, 0) is 31.5 Å². The Hall–Kier alpha value is -1.46. The number of hydrogen-bond acceptors (Lipinski definition) is 3. The number of likely N-dealkylation sites (tertiary alicyclic amines) is 1. The number of aliphatic hydroxyl groups excluding tert-OH is 1. The van der Waals surface area contributed by atoms with E-state index in [0.717, 1.165) is 5.56 Å². The molecule has 0 saturated carbocycles. The fraction of sp³-hybridized carbons (Fsp3) is 0.562. The van der Waals surface area contributed by atoms with Crippen LogP contribution in [0.4, 0.5) is 4.39 Å². The van der Waals surface area contributed by atoms with Crippen molar-refractivity contribution < 1.29 is 19.4 Å². The zero-order valence-corrected chi connectivity index (χ0v) is 12.4. The minimum absolute atomic E-state index is 0.000120. The molecule has 4 nitrogen and oxygen atoms in total. The molecule has 2 atom stereocenters. The van der Waals surface area contributed by atoms with Crippen LogP contribution >= 0.6 is 0 Å². The molecule has 1 saturated heterocycles. The average Bonchev–Trinajstić information content (AvgIpc) is 2.82. The quantitative estimate of drug-likeness (QED) is 0.873. The number of benzene rings is 1. The van der Waals surface area contributed by atoms with Gasteiger partial charge in [-0.2, -0.15) is 0 Å². The maximum Gasteiger partial charge on any atom is 0.305 e. The molecule has 5 heteroatoms. The molecule has 0 spiro atoms. The van der Waals surface area contributed by atoms with Crippen LogP contribution in [0.1, 0.15) is 31.7 Å². The van der Waals surface area contributed by atoms with E-state index in [0.29, 0.717) is 13.1 Å². The number of rotatable bonds is 5. The molecule has 1 aliphatic heterocycles. The molecule has 1 aromatic carbocycles. The SMILES string of the molecule is CC(C)(CC(=O)O)N1C[C@@H](CO)[C@@H](c2cccc(F)c2)C1. The Morgan fingerprint density at radius 2 is 2.14 bits per heavy atom. The molecule has 21 heavy (non-hydrogen) atoms. The largest absolute Gasteiger partial charge is 0.481 e. The number of carboxylic acids is 1. The molecular formula is C16H22FNO3. The van der Waals surface area contributed by atoms with Crippen molar-refractivity contribution in [1.29, 1.82) is 0 Å². The maximum absolute atomic E-state index is 13.4. The average molecular weight is 295 g/mol. The van der Waals surface area contributed by atoms with Crippen LogP contribution in [0.15, 0.2) is 24.3 Å². The van der Waals surface area contributed by atoms with Gasteiger partial charge in [0, 0.05) is 37.1 Å². The smallest absolute Gasteiger partial charge is 0.305 e. The highest BCUT2D eigenvalue weighted by Gasteiger charge is 2.40. The molecule has 0 aliphatic carbocycles. The number of aliphatic carboxylic acids is 1. The van der Waals surface area contributed by atoms with E-state index in [1.807, 2.05) is 19.9 Å². The van der Waals surface area contributed by atoms with Crippen molar-refractivity contribution in [3.05, 3.63) is 35.6 Å². The van der Waals surface area contributed by atoms with Crippen LogP contribution in [0.5, 0.6) is 0 Å². The van der Waals surface area contributed by atoms with Crippen LogP contribution in [0.2, 0.25) is 0 Å². The number of hydrogen-bond donors (Lipinski definition) is 2. The lowest BCUT2D eigenvalue weighted by Crippen LogP contribution is -2.44. The standard InChI is InChI=1S/C16H22FNO3/c1-16(2,7-15(20)21)18-8-12(10-19)14(9-18)11-4-3-5-13(17)6-11/h3-6,12,14,19H,7-10H2,1-2H3,(H,20,21)/t12-,14+/m0/s1. The van der Waals surface area contributed by atoms with E-state index in [4.69, 9.17) is 5.11 Å². The molecule has 1 fully saturated rings. The zero-order chi connectivity index (χ0) is 15.6. The van der Waals surface area contributed by atoms with E-state index < -0.39 is 11.5 Å². The molecule has 1 aliphatic rings. The third kappa shape index (κ3) is 3.60. The van der Waals surface area contributed by atoms with Crippen molar-refractivity contribution >= 4 is 5.97 Å². The summed E-state index contributed by atoms with van der Waals surface area (Å²) < 4.78 is 13.4. The minimum Gasteiger partial charge on any atom is -0.481 e. The van der Waals surface area contributed by atoms with Gasteiger partial charge in [-0.15, -0.1) is 0 Å². The Morgan fingerprint density at radius 3 is 2.71 bits per heavy atom.